The van der Waals surface area contributed by atoms with Crippen molar-refractivity contribution < 1.29 is 5.11 Å². The van der Waals surface area contributed by atoms with Crippen LogP contribution in [0, 0.1) is 0 Å². The Morgan fingerprint density at radius 1 is 1.53 bits per heavy atom. The average Bonchev–Trinajstić information content (AvgIpc) is 2.25. The summed E-state index contributed by atoms with van der Waals surface area (Å²) >= 11 is 5.84. The van der Waals surface area contributed by atoms with Gasteiger partial charge in [0, 0.05) is 12.6 Å². The zero-order valence-electron chi connectivity index (χ0n) is 8.54. The summed E-state index contributed by atoms with van der Waals surface area (Å²) in [5.74, 6) is 0.914. The fraction of sp³-hybridized carbons (Fsp3) is 0.545. The third-order valence-corrected chi connectivity index (χ3v) is 2.97. The van der Waals surface area contributed by atoms with Gasteiger partial charge in [-0.1, -0.05) is 17.7 Å². The van der Waals surface area contributed by atoms with Crippen LogP contribution in [0.3, 0.4) is 0 Å². The van der Waals surface area contributed by atoms with Crippen molar-refractivity contribution in [3.8, 4) is 0 Å². The number of aliphatic hydroxyl groups is 1. The van der Waals surface area contributed by atoms with Crippen molar-refractivity contribution in [1.82, 2.24) is 4.98 Å². The SMILES string of the molecule is OCCC[C@H]1CCc2ccc(Cl)nc2N1. The second-order valence-corrected chi connectivity index (χ2v) is 4.27. The van der Waals surface area contributed by atoms with Gasteiger partial charge in [-0.2, -0.15) is 0 Å². The molecule has 1 atom stereocenters. The molecule has 2 N–H and O–H groups in total. The van der Waals surface area contributed by atoms with Crippen molar-refractivity contribution in [3.05, 3.63) is 22.8 Å². The van der Waals surface area contributed by atoms with E-state index in [4.69, 9.17) is 16.7 Å². The van der Waals surface area contributed by atoms with Crippen LogP contribution in [-0.2, 0) is 6.42 Å². The maximum atomic E-state index is 8.77. The Kier molecular flexibility index (Phi) is 3.44. The number of nitrogens with zero attached hydrogens (tertiary/aromatic N) is 1. The Labute approximate surface area is 94.5 Å². The second-order valence-electron chi connectivity index (χ2n) is 3.89. The van der Waals surface area contributed by atoms with Crippen molar-refractivity contribution in [2.45, 2.75) is 31.7 Å². The molecule has 2 heterocycles. The van der Waals surface area contributed by atoms with E-state index in [1.165, 1.54) is 5.56 Å². The van der Waals surface area contributed by atoms with Gasteiger partial charge in [-0.05, 0) is 37.3 Å². The van der Waals surface area contributed by atoms with Crippen LogP contribution in [0.15, 0.2) is 12.1 Å². The molecule has 0 bridgehead atoms. The molecule has 4 heteroatoms. The van der Waals surface area contributed by atoms with Crippen molar-refractivity contribution in [2.24, 2.45) is 0 Å². The summed E-state index contributed by atoms with van der Waals surface area (Å²) in [5, 5.41) is 12.7. The number of aromatic nitrogens is 1. The lowest BCUT2D eigenvalue weighted by molar-refractivity contribution is 0.279. The van der Waals surface area contributed by atoms with Gasteiger partial charge < -0.3 is 10.4 Å². The molecule has 1 aliphatic rings. The number of hydrogen-bond acceptors (Lipinski definition) is 3. The van der Waals surface area contributed by atoms with Crippen LogP contribution < -0.4 is 5.32 Å². The van der Waals surface area contributed by atoms with Gasteiger partial charge in [0.15, 0.2) is 0 Å². The standard InChI is InChI=1S/C11H15ClN2O/c12-10-6-4-8-3-5-9(2-1-7-15)13-11(8)14-10/h4,6,9,15H,1-3,5,7H2,(H,13,14)/t9-/m0/s1. The molecule has 0 fully saturated rings. The number of nitrogens with one attached hydrogen (secondary N) is 1. The maximum absolute atomic E-state index is 8.77. The molecule has 1 aliphatic heterocycles. The average molecular weight is 227 g/mol. The number of rotatable bonds is 3. The number of pyridine rings is 1. The second kappa shape index (κ2) is 4.81. The molecule has 15 heavy (non-hydrogen) atoms. The summed E-state index contributed by atoms with van der Waals surface area (Å²) in [6, 6.07) is 4.28. The lowest BCUT2D eigenvalue weighted by Gasteiger charge is -2.25. The maximum Gasteiger partial charge on any atom is 0.131 e. The third kappa shape index (κ3) is 2.61. The summed E-state index contributed by atoms with van der Waals surface area (Å²) in [6.07, 6.45) is 3.98. The van der Waals surface area contributed by atoms with Crippen LogP contribution in [0.5, 0.6) is 0 Å². The van der Waals surface area contributed by atoms with Gasteiger partial charge in [0.1, 0.15) is 11.0 Å². The van der Waals surface area contributed by atoms with E-state index >= 15 is 0 Å². The highest BCUT2D eigenvalue weighted by Crippen LogP contribution is 2.25. The highest BCUT2D eigenvalue weighted by atomic mass is 35.5. The normalized spacial score (nSPS) is 19.5. The molecule has 2 rings (SSSR count). The zero-order valence-corrected chi connectivity index (χ0v) is 9.30. The van der Waals surface area contributed by atoms with Gasteiger partial charge in [-0.3, -0.25) is 0 Å². The van der Waals surface area contributed by atoms with Crippen LogP contribution in [0.2, 0.25) is 5.15 Å². The fourth-order valence-corrected chi connectivity index (χ4v) is 2.09. The third-order valence-electron chi connectivity index (χ3n) is 2.76. The quantitative estimate of drug-likeness (QED) is 0.777. The Balaban J connectivity index is 2.05. The molecule has 82 valence electrons. The molecule has 1 aromatic heterocycles. The van der Waals surface area contributed by atoms with Gasteiger partial charge in [-0.25, -0.2) is 4.98 Å². The van der Waals surface area contributed by atoms with Crippen molar-refractivity contribution >= 4 is 17.4 Å². The largest absolute Gasteiger partial charge is 0.396 e. The highest BCUT2D eigenvalue weighted by Gasteiger charge is 2.18. The molecular formula is C11H15ClN2O. The van der Waals surface area contributed by atoms with Crippen LogP contribution in [0.25, 0.3) is 0 Å². The van der Waals surface area contributed by atoms with Crippen LogP contribution in [0.4, 0.5) is 5.82 Å². The topological polar surface area (TPSA) is 45.2 Å². The summed E-state index contributed by atoms with van der Waals surface area (Å²) in [4.78, 5) is 4.26. The van der Waals surface area contributed by atoms with Gasteiger partial charge in [0.05, 0.1) is 0 Å². The minimum Gasteiger partial charge on any atom is -0.396 e. The minimum absolute atomic E-state index is 0.258. The van der Waals surface area contributed by atoms with Crippen molar-refractivity contribution in [1.29, 1.82) is 0 Å². The Morgan fingerprint density at radius 3 is 3.20 bits per heavy atom. The molecule has 0 radical (unpaired) electrons. The zero-order chi connectivity index (χ0) is 10.7. The van der Waals surface area contributed by atoms with E-state index in [-0.39, 0.29) is 6.61 Å². The Bertz CT molecular complexity index is 343. The summed E-state index contributed by atoms with van der Waals surface area (Å²) in [6.45, 7) is 0.258. The van der Waals surface area contributed by atoms with E-state index in [9.17, 15) is 0 Å². The minimum atomic E-state index is 0.258. The predicted octanol–water partition coefficient (Wildman–Crippen LogP) is 2.23. The van der Waals surface area contributed by atoms with Gasteiger partial charge in [0.25, 0.3) is 0 Å². The Hall–Kier alpha value is -0.800. The smallest absolute Gasteiger partial charge is 0.131 e. The first-order valence-electron chi connectivity index (χ1n) is 5.32. The molecule has 0 unspecified atom stereocenters. The molecule has 0 saturated carbocycles. The number of halogens is 1. The Morgan fingerprint density at radius 2 is 2.40 bits per heavy atom. The monoisotopic (exact) mass is 226 g/mol. The first kappa shape index (κ1) is 10.7. The lowest BCUT2D eigenvalue weighted by Crippen LogP contribution is -2.26. The van der Waals surface area contributed by atoms with Gasteiger partial charge >= 0.3 is 0 Å². The number of aryl methyl sites for hydroxylation is 1. The number of aliphatic hydroxyl groups excluding tert-OH is 1. The van der Waals surface area contributed by atoms with E-state index in [1.807, 2.05) is 12.1 Å². The number of hydrogen-bond donors (Lipinski definition) is 2. The first-order valence-corrected chi connectivity index (χ1v) is 5.70. The van der Waals surface area contributed by atoms with Crippen LogP contribution in [0.1, 0.15) is 24.8 Å². The van der Waals surface area contributed by atoms with Gasteiger partial charge in [0.2, 0.25) is 0 Å². The van der Waals surface area contributed by atoms with Crippen LogP contribution >= 0.6 is 11.6 Å². The molecule has 0 aliphatic carbocycles. The fourth-order valence-electron chi connectivity index (χ4n) is 1.94. The first-order chi connectivity index (χ1) is 7.29. The van der Waals surface area contributed by atoms with E-state index in [2.05, 4.69) is 10.3 Å². The van der Waals surface area contributed by atoms with Gasteiger partial charge in [-0.15, -0.1) is 0 Å². The van der Waals surface area contributed by atoms with E-state index in [1.54, 1.807) is 0 Å². The summed E-state index contributed by atoms with van der Waals surface area (Å²) < 4.78 is 0. The molecule has 0 aromatic carbocycles. The van der Waals surface area contributed by atoms with E-state index in [0.717, 1.165) is 31.5 Å². The summed E-state index contributed by atoms with van der Waals surface area (Å²) in [5.41, 5.74) is 1.24. The van der Waals surface area contributed by atoms with Crippen molar-refractivity contribution in [2.75, 3.05) is 11.9 Å². The van der Waals surface area contributed by atoms with Crippen molar-refractivity contribution in [3.63, 3.8) is 0 Å². The molecule has 0 saturated heterocycles. The van der Waals surface area contributed by atoms with E-state index in [0.29, 0.717) is 11.2 Å². The predicted molar refractivity (Wildman–Crippen MR) is 61.3 cm³/mol. The van der Waals surface area contributed by atoms with E-state index < -0.39 is 0 Å². The molecule has 1 aromatic rings. The molecular weight excluding hydrogens is 212 g/mol. The number of anilines is 1. The number of fused-ring (bicyclic) bond motifs is 1. The summed E-state index contributed by atoms with van der Waals surface area (Å²) in [7, 11) is 0. The molecule has 3 nitrogen and oxygen atoms in total. The van der Waals surface area contributed by atoms with Crippen LogP contribution in [-0.4, -0.2) is 22.7 Å². The highest BCUT2D eigenvalue weighted by molar-refractivity contribution is 6.29. The molecule has 0 spiro atoms. The molecule has 0 amide bonds. The lowest BCUT2D eigenvalue weighted by atomic mass is 9.98.